The summed E-state index contributed by atoms with van der Waals surface area (Å²) in [6.07, 6.45) is 9.65. The van der Waals surface area contributed by atoms with Gasteiger partial charge >= 0.3 is 0 Å². The van der Waals surface area contributed by atoms with Crippen LogP contribution in [-0.4, -0.2) is 36.2 Å². The maximum atomic E-state index is 6.14. The minimum atomic E-state index is -0.0957. The van der Waals surface area contributed by atoms with Crippen LogP contribution in [0.2, 0.25) is 0 Å². The minimum Gasteiger partial charge on any atom is -0.373 e. The first-order valence-corrected chi connectivity index (χ1v) is 8.82. The number of ether oxygens (including phenoxy) is 1. The molecule has 0 unspecified atom stereocenters. The Bertz CT molecular complexity index is 469. The van der Waals surface area contributed by atoms with Crippen LogP contribution in [0.3, 0.4) is 0 Å². The fourth-order valence-electron chi connectivity index (χ4n) is 3.01. The van der Waals surface area contributed by atoms with Gasteiger partial charge in [0.05, 0.1) is 12.1 Å². The van der Waals surface area contributed by atoms with Gasteiger partial charge in [0.1, 0.15) is 0 Å². The summed E-state index contributed by atoms with van der Waals surface area (Å²) in [5.74, 6) is 0.506. The first-order chi connectivity index (χ1) is 11.2. The highest BCUT2D eigenvalue weighted by Crippen LogP contribution is 2.32. The fraction of sp³-hybridized carbons (Fsp3) is 0.667. The molecule has 0 bridgehead atoms. The van der Waals surface area contributed by atoms with Crippen molar-refractivity contribution in [2.75, 3.05) is 19.7 Å². The highest BCUT2D eigenvalue weighted by molar-refractivity contribution is 5.77. The summed E-state index contributed by atoms with van der Waals surface area (Å²) in [4.78, 5) is 8.84. The van der Waals surface area contributed by atoms with E-state index in [2.05, 4.69) is 22.2 Å². The number of nitrogens with two attached hydrogens (primary N) is 1. The molecular formula is C18H30N4O. The maximum absolute atomic E-state index is 6.14. The van der Waals surface area contributed by atoms with E-state index >= 15 is 0 Å². The van der Waals surface area contributed by atoms with Crippen molar-refractivity contribution >= 4 is 5.96 Å². The number of rotatable bonds is 8. The van der Waals surface area contributed by atoms with E-state index < -0.39 is 0 Å². The molecule has 1 fully saturated rings. The third kappa shape index (κ3) is 6.18. The van der Waals surface area contributed by atoms with Crippen LogP contribution in [0.15, 0.2) is 29.4 Å². The molecule has 3 N–H and O–H groups in total. The first-order valence-electron chi connectivity index (χ1n) is 8.82. The second-order valence-electron chi connectivity index (χ2n) is 6.29. The minimum absolute atomic E-state index is 0.0957. The maximum Gasteiger partial charge on any atom is 0.188 e. The third-order valence-corrected chi connectivity index (χ3v) is 4.33. The second kappa shape index (κ2) is 9.50. The number of nitrogens with zero attached hydrogens (tertiary/aromatic N) is 2. The Balaban J connectivity index is 1.79. The number of hydrogen-bond acceptors (Lipinski definition) is 3. The number of aromatic nitrogens is 1. The Morgan fingerprint density at radius 1 is 1.35 bits per heavy atom. The molecule has 1 aromatic heterocycles. The zero-order valence-corrected chi connectivity index (χ0v) is 14.3. The summed E-state index contributed by atoms with van der Waals surface area (Å²) in [5, 5.41) is 3.18. The molecular weight excluding hydrogens is 288 g/mol. The van der Waals surface area contributed by atoms with Crippen LogP contribution in [0.25, 0.3) is 0 Å². The third-order valence-electron chi connectivity index (χ3n) is 4.33. The monoisotopic (exact) mass is 318 g/mol. The SMILES string of the molecule is CCCOC1(CN=C(N)NCCc2ccccn2)CCCCC1. The van der Waals surface area contributed by atoms with Gasteiger partial charge in [0.2, 0.25) is 0 Å². The Morgan fingerprint density at radius 2 is 2.17 bits per heavy atom. The predicted octanol–water partition coefficient (Wildman–Crippen LogP) is 2.66. The van der Waals surface area contributed by atoms with Crippen LogP contribution < -0.4 is 11.1 Å². The van der Waals surface area contributed by atoms with Crippen molar-refractivity contribution in [3.63, 3.8) is 0 Å². The smallest absolute Gasteiger partial charge is 0.188 e. The standard InChI is InChI=1S/C18H30N4O/c1-2-14-23-18(10-5-3-6-11-18)15-22-17(19)21-13-9-16-8-4-7-12-20-16/h4,7-8,12H,2-3,5-6,9-11,13-15H2,1H3,(H3,19,21,22). The zero-order chi connectivity index (χ0) is 16.4. The molecule has 0 aliphatic heterocycles. The molecule has 2 rings (SSSR count). The predicted molar refractivity (Wildman–Crippen MR) is 94.5 cm³/mol. The molecule has 0 amide bonds. The number of aliphatic imine (C=N–C) groups is 1. The van der Waals surface area contributed by atoms with Gasteiger partial charge in [-0.25, -0.2) is 0 Å². The molecule has 0 radical (unpaired) electrons. The van der Waals surface area contributed by atoms with E-state index in [1.807, 2.05) is 24.4 Å². The van der Waals surface area contributed by atoms with E-state index in [1.54, 1.807) is 0 Å². The van der Waals surface area contributed by atoms with Crippen LogP contribution >= 0.6 is 0 Å². The van der Waals surface area contributed by atoms with Crippen LogP contribution in [0.1, 0.15) is 51.1 Å². The molecule has 1 aromatic rings. The first kappa shape index (κ1) is 17.7. The summed E-state index contributed by atoms with van der Waals surface area (Å²) in [5.41, 5.74) is 6.97. The lowest BCUT2D eigenvalue weighted by Gasteiger charge is -2.36. The lowest BCUT2D eigenvalue weighted by Crippen LogP contribution is -2.41. The van der Waals surface area contributed by atoms with E-state index in [1.165, 1.54) is 19.3 Å². The molecule has 1 aliphatic rings. The summed E-state index contributed by atoms with van der Waals surface area (Å²) in [6.45, 7) is 4.36. The summed E-state index contributed by atoms with van der Waals surface area (Å²) < 4.78 is 6.14. The molecule has 0 saturated heterocycles. The molecule has 0 spiro atoms. The van der Waals surface area contributed by atoms with E-state index in [9.17, 15) is 0 Å². The van der Waals surface area contributed by atoms with Gasteiger partial charge < -0.3 is 15.8 Å². The van der Waals surface area contributed by atoms with Crippen molar-refractivity contribution in [2.45, 2.75) is 57.5 Å². The van der Waals surface area contributed by atoms with Crippen LogP contribution in [0, 0.1) is 0 Å². The topological polar surface area (TPSA) is 72.5 Å². The molecule has 0 atom stereocenters. The van der Waals surface area contributed by atoms with Crippen molar-refractivity contribution in [2.24, 2.45) is 10.7 Å². The highest BCUT2D eigenvalue weighted by Gasteiger charge is 2.32. The van der Waals surface area contributed by atoms with Gasteiger partial charge in [-0.15, -0.1) is 0 Å². The molecule has 5 nitrogen and oxygen atoms in total. The second-order valence-corrected chi connectivity index (χ2v) is 6.29. The van der Waals surface area contributed by atoms with Crippen LogP contribution in [-0.2, 0) is 11.2 Å². The van der Waals surface area contributed by atoms with Crippen molar-refractivity contribution in [1.82, 2.24) is 10.3 Å². The highest BCUT2D eigenvalue weighted by atomic mass is 16.5. The average molecular weight is 318 g/mol. The van der Waals surface area contributed by atoms with E-state index in [4.69, 9.17) is 10.5 Å². The number of guanidine groups is 1. The largest absolute Gasteiger partial charge is 0.373 e. The lowest BCUT2D eigenvalue weighted by molar-refractivity contribution is -0.0624. The normalized spacial score (nSPS) is 17.9. The number of hydrogen-bond donors (Lipinski definition) is 2. The van der Waals surface area contributed by atoms with Gasteiger partial charge in [0.25, 0.3) is 0 Å². The Labute approximate surface area is 139 Å². The van der Waals surface area contributed by atoms with E-state index in [0.29, 0.717) is 12.5 Å². The van der Waals surface area contributed by atoms with Gasteiger partial charge in [-0.2, -0.15) is 0 Å². The molecule has 128 valence electrons. The summed E-state index contributed by atoms with van der Waals surface area (Å²) >= 11 is 0. The number of nitrogens with one attached hydrogen (secondary N) is 1. The Morgan fingerprint density at radius 3 is 2.87 bits per heavy atom. The average Bonchev–Trinajstić information content (AvgIpc) is 2.60. The Hall–Kier alpha value is -1.62. The van der Waals surface area contributed by atoms with E-state index in [-0.39, 0.29) is 5.60 Å². The molecule has 0 aromatic carbocycles. The molecule has 1 saturated carbocycles. The van der Waals surface area contributed by atoms with Gasteiger partial charge in [0.15, 0.2) is 5.96 Å². The van der Waals surface area contributed by atoms with Gasteiger partial charge in [-0.1, -0.05) is 32.3 Å². The summed E-state index contributed by atoms with van der Waals surface area (Å²) in [7, 11) is 0. The van der Waals surface area contributed by atoms with Gasteiger partial charge in [0, 0.05) is 31.5 Å². The van der Waals surface area contributed by atoms with Crippen molar-refractivity contribution in [1.29, 1.82) is 0 Å². The number of pyridine rings is 1. The van der Waals surface area contributed by atoms with Gasteiger partial charge in [-0.05, 0) is 31.4 Å². The van der Waals surface area contributed by atoms with Crippen LogP contribution in [0.5, 0.6) is 0 Å². The molecule has 1 heterocycles. The lowest BCUT2D eigenvalue weighted by atomic mass is 9.84. The molecule has 23 heavy (non-hydrogen) atoms. The summed E-state index contributed by atoms with van der Waals surface area (Å²) in [6, 6.07) is 5.94. The van der Waals surface area contributed by atoms with Gasteiger partial charge in [-0.3, -0.25) is 9.98 Å². The van der Waals surface area contributed by atoms with Crippen LogP contribution in [0.4, 0.5) is 0 Å². The molecule has 1 aliphatic carbocycles. The van der Waals surface area contributed by atoms with E-state index in [0.717, 1.165) is 44.5 Å². The quantitative estimate of drug-likeness (QED) is 0.571. The fourth-order valence-corrected chi connectivity index (χ4v) is 3.01. The van der Waals surface area contributed by atoms with Crippen molar-refractivity contribution in [3.8, 4) is 0 Å². The Kier molecular flexibility index (Phi) is 7.33. The van der Waals surface area contributed by atoms with Crippen molar-refractivity contribution < 1.29 is 4.74 Å². The van der Waals surface area contributed by atoms with Crippen molar-refractivity contribution in [3.05, 3.63) is 30.1 Å². The molecule has 5 heteroatoms. The zero-order valence-electron chi connectivity index (χ0n) is 14.3.